The molecule has 0 unspecified atom stereocenters. The van der Waals surface area contributed by atoms with Crippen LogP contribution >= 0.6 is 0 Å². The Morgan fingerprint density at radius 2 is 0.745 bits per heavy atom. The van der Waals surface area contributed by atoms with Crippen LogP contribution in [0.5, 0.6) is 23.0 Å². The van der Waals surface area contributed by atoms with Crippen molar-refractivity contribution in [3.63, 3.8) is 0 Å². The van der Waals surface area contributed by atoms with Gasteiger partial charge in [-0.2, -0.15) is 26.3 Å². The zero-order valence-electron chi connectivity index (χ0n) is 26.6. The second-order valence-electron chi connectivity index (χ2n) is 11.5. The molecule has 260 valence electrons. The van der Waals surface area contributed by atoms with E-state index in [9.17, 15) is 26.3 Å². The highest BCUT2D eigenvalue weighted by atomic mass is 19.4. The highest BCUT2D eigenvalue weighted by Gasteiger charge is 2.72. The smallest absolute Gasteiger partial charge is 0.411 e. The number of nitrogens with two attached hydrogens (primary N) is 2. The third-order valence-corrected chi connectivity index (χ3v) is 8.04. The minimum Gasteiger partial charge on any atom is -0.457 e. The molecule has 6 nitrogen and oxygen atoms in total. The number of benzene rings is 6. The number of rotatable bonds is 10. The molecule has 12 heteroatoms. The van der Waals surface area contributed by atoms with Gasteiger partial charge in [0.15, 0.2) is 0 Å². The van der Waals surface area contributed by atoms with Gasteiger partial charge in [-0.05, 0) is 108 Å². The predicted octanol–water partition coefficient (Wildman–Crippen LogP) is 11.3. The second-order valence-corrected chi connectivity index (χ2v) is 11.5. The van der Waals surface area contributed by atoms with Gasteiger partial charge in [-0.15, -0.1) is 0 Å². The quantitative estimate of drug-likeness (QED) is 0.0839. The first-order chi connectivity index (χ1) is 24.3. The molecule has 51 heavy (non-hydrogen) atoms. The van der Waals surface area contributed by atoms with Crippen LogP contribution in [0.1, 0.15) is 11.1 Å². The van der Waals surface area contributed by atoms with E-state index in [1.165, 1.54) is 0 Å². The van der Waals surface area contributed by atoms with Crippen molar-refractivity contribution >= 4 is 34.1 Å². The lowest BCUT2D eigenvalue weighted by atomic mass is 9.72. The number of hydrogen-bond donors (Lipinski definition) is 4. The van der Waals surface area contributed by atoms with E-state index in [2.05, 4.69) is 10.6 Å². The number of hydrogen-bond acceptors (Lipinski definition) is 6. The monoisotopic (exact) mass is 700 g/mol. The number of anilines is 6. The molecule has 0 saturated heterocycles. The molecule has 0 atom stereocenters. The summed E-state index contributed by atoms with van der Waals surface area (Å²) in [6.45, 7) is 0. The summed E-state index contributed by atoms with van der Waals surface area (Å²) in [6.07, 6.45) is -11.7. The third kappa shape index (κ3) is 7.35. The normalized spacial score (nSPS) is 11.9. The molecule has 6 aromatic rings. The fourth-order valence-electron chi connectivity index (χ4n) is 5.57. The van der Waals surface area contributed by atoms with Gasteiger partial charge < -0.3 is 31.6 Å². The maximum absolute atomic E-state index is 14.9. The van der Waals surface area contributed by atoms with Gasteiger partial charge in [-0.1, -0.05) is 48.5 Å². The first-order valence-electron chi connectivity index (χ1n) is 15.5. The van der Waals surface area contributed by atoms with Gasteiger partial charge in [-0.3, -0.25) is 0 Å². The number of halogens is 6. The zero-order valence-corrected chi connectivity index (χ0v) is 26.6. The Morgan fingerprint density at radius 1 is 0.412 bits per heavy atom. The highest BCUT2D eigenvalue weighted by molar-refractivity contribution is 5.76. The highest BCUT2D eigenvalue weighted by Crippen LogP contribution is 2.57. The van der Waals surface area contributed by atoms with E-state index in [0.29, 0.717) is 46.5 Å². The van der Waals surface area contributed by atoms with E-state index >= 15 is 0 Å². The summed E-state index contributed by atoms with van der Waals surface area (Å²) in [5.41, 5.74) is 5.98. The van der Waals surface area contributed by atoms with Crippen molar-refractivity contribution < 1.29 is 35.8 Å². The minimum absolute atomic E-state index is 0.105. The summed E-state index contributed by atoms with van der Waals surface area (Å²) >= 11 is 0. The van der Waals surface area contributed by atoms with Crippen LogP contribution in [0.25, 0.3) is 0 Å². The van der Waals surface area contributed by atoms with Crippen LogP contribution in [0.3, 0.4) is 0 Å². The number of para-hydroxylation sites is 2. The summed E-state index contributed by atoms with van der Waals surface area (Å²) in [6, 6.07) is 36.2. The molecule has 0 spiro atoms. The average Bonchev–Trinajstić information content (AvgIpc) is 3.09. The summed E-state index contributed by atoms with van der Waals surface area (Å²) in [4.78, 5) is 0. The van der Waals surface area contributed by atoms with Gasteiger partial charge in [0.1, 0.15) is 23.0 Å². The van der Waals surface area contributed by atoms with Crippen molar-refractivity contribution in [3.05, 3.63) is 157 Å². The Labute approximate surface area is 289 Å². The first kappa shape index (κ1) is 34.6. The van der Waals surface area contributed by atoms with E-state index in [1.807, 2.05) is 36.4 Å². The predicted molar refractivity (Wildman–Crippen MR) is 187 cm³/mol. The van der Waals surface area contributed by atoms with Crippen LogP contribution in [0.15, 0.2) is 146 Å². The molecule has 6 N–H and O–H groups in total. The molecule has 0 aliphatic rings. The van der Waals surface area contributed by atoms with Gasteiger partial charge in [-0.25, -0.2) is 0 Å². The molecular weight excluding hydrogens is 670 g/mol. The summed E-state index contributed by atoms with van der Waals surface area (Å²) < 4.78 is 101. The number of nitrogen functional groups attached to an aromatic ring is 2. The first-order valence-corrected chi connectivity index (χ1v) is 15.5. The lowest BCUT2D eigenvalue weighted by molar-refractivity contribution is -0.288. The Hall–Kier alpha value is -6.30. The van der Waals surface area contributed by atoms with Gasteiger partial charge >= 0.3 is 12.4 Å². The molecule has 0 radical (unpaired) electrons. The van der Waals surface area contributed by atoms with E-state index in [-0.39, 0.29) is 22.7 Å². The third-order valence-electron chi connectivity index (χ3n) is 8.04. The summed E-state index contributed by atoms with van der Waals surface area (Å²) in [5.74, 6) is 2.26. The van der Waals surface area contributed by atoms with E-state index in [1.54, 1.807) is 72.8 Å². The van der Waals surface area contributed by atoms with Crippen molar-refractivity contribution in [1.82, 2.24) is 0 Å². The fraction of sp³-hybridized carbons (Fsp3) is 0.0769. The number of nitrogens with one attached hydrogen (secondary N) is 2. The molecule has 0 aromatic heterocycles. The molecular formula is C39H30F6N4O2. The van der Waals surface area contributed by atoms with E-state index in [0.717, 1.165) is 24.3 Å². The summed E-state index contributed by atoms with van der Waals surface area (Å²) in [5, 5.41) is 5.87. The van der Waals surface area contributed by atoms with Crippen molar-refractivity contribution in [3.8, 4) is 23.0 Å². The molecule has 0 aliphatic carbocycles. The maximum Gasteiger partial charge on any atom is 0.411 e. The topological polar surface area (TPSA) is 94.6 Å². The molecule has 6 aromatic carbocycles. The van der Waals surface area contributed by atoms with Gasteiger partial charge in [0, 0.05) is 11.4 Å². The number of ether oxygens (including phenoxy) is 2. The Balaban J connectivity index is 1.26. The van der Waals surface area contributed by atoms with Gasteiger partial charge in [0.25, 0.3) is 0 Å². The molecule has 6 rings (SSSR count). The summed E-state index contributed by atoms with van der Waals surface area (Å²) in [7, 11) is 0. The zero-order chi connectivity index (χ0) is 36.2. The molecule has 0 aliphatic heterocycles. The van der Waals surface area contributed by atoms with Gasteiger partial charge in [0.05, 0.1) is 22.7 Å². The Morgan fingerprint density at radius 3 is 1.06 bits per heavy atom. The fourth-order valence-corrected chi connectivity index (χ4v) is 5.57. The van der Waals surface area contributed by atoms with Crippen molar-refractivity contribution in [2.45, 2.75) is 17.8 Å². The van der Waals surface area contributed by atoms with E-state index < -0.39 is 28.9 Å². The van der Waals surface area contributed by atoms with Crippen molar-refractivity contribution in [2.24, 2.45) is 0 Å². The van der Waals surface area contributed by atoms with Crippen LogP contribution in [0.2, 0.25) is 0 Å². The molecule has 0 fully saturated rings. The lowest BCUT2D eigenvalue weighted by Gasteiger charge is -2.38. The van der Waals surface area contributed by atoms with E-state index in [4.69, 9.17) is 20.9 Å². The number of alkyl halides is 6. The van der Waals surface area contributed by atoms with Crippen molar-refractivity contribution in [2.75, 3.05) is 22.1 Å². The van der Waals surface area contributed by atoms with Gasteiger partial charge in [0.2, 0.25) is 5.41 Å². The Kier molecular flexibility index (Phi) is 9.42. The van der Waals surface area contributed by atoms with Crippen LogP contribution < -0.4 is 31.6 Å². The van der Waals surface area contributed by atoms with Crippen LogP contribution in [-0.2, 0) is 5.41 Å². The van der Waals surface area contributed by atoms with Crippen LogP contribution in [0, 0.1) is 0 Å². The second kappa shape index (κ2) is 13.9. The average molecular weight is 701 g/mol. The Bertz CT molecular complexity index is 1940. The van der Waals surface area contributed by atoms with Crippen molar-refractivity contribution in [1.29, 1.82) is 0 Å². The molecule has 0 bridgehead atoms. The van der Waals surface area contributed by atoms with Crippen LogP contribution in [0.4, 0.5) is 60.5 Å². The molecule has 0 amide bonds. The lowest BCUT2D eigenvalue weighted by Crippen LogP contribution is -2.54. The molecule has 0 saturated carbocycles. The largest absolute Gasteiger partial charge is 0.457 e. The SMILES string of the molecule is Nc1cc(C(c2ccc(Nc3ccc(Oc4ccccc4)cc3)c(N)c2)(C(F)(F)F)C(F)(F)F)ccc1Nc1ccc(Oc2ccccc2)cc1. The van der Waals surface area contributed by atoms with Crippen LogP contribution in [-0.4, -0.2) is 12.4 Å². The standard InChI is InChI=1S/C39H30F6N4O2/c40-38(41,42)37(39(43,44)45,25-11-21-35(33(46)23-25)48-27-13-17-31(18-14-27)50-29-7-3-1-4-8-29)26-12-22-36(34(47)24-26)49-28-15-19-32(20-16-28)51-30-9-5-2-6-10-30/h1-24,48-49H,46-47H2. The molecule has 0 heterocycles. The minimum atomic E-state index is -5.84. The maximum atomic E-state index is 14.9.